The lowest BCUT2D eigenvalue weighted by molar-refractivity contribution is -0.145. The summed E-state index contributed by atoms with van der Waals surface area (Å²) in [5, 5.41) is 13.8. The van der Waals surface area contributed by atoms with Gasteiger partial charge in [0.1, 0.15) is 5.75 Å². The number of rotatable bonds is 1. The molecule has 2 N–H and O–H groups in total. The van der Waals surface area contributed by atoms with E-state index in [1.165, 1.54) is 5.56 Å². The maximum atomic E-state index is 13.1. The smallest absolute Gasteiger partial charge is 0.239 e. The van der Waals surface area contributed by atoms with Crippen LogP contribution in [0, 0.1) is 5.41 Å². The van der Waals surface area contributed by atoms with E-state index < -0.39 is 0 Å². The van der Waals surface area contributed by atoms with Crippen molar-refractivity contribution in [1.29, 1.82) is 0 Å². The van der Waals surface area contributed by atoms with E-state index in [1.54, 1.807) is 6.07 Å². The summed E-state index contributed by atoms with van der Waals surface area (Å²) in [6.45, 7) is 8.67. The second-order valence-electron chi connectivity index (χ2n) is 8.51. The van der Waals surface area contributed by atoms with E-state index in [2.05, 4.69) is 37.1 Å². The van der Waals surface area contributed by atoms with Gasteiger partial charge in [-0.05, 0) is 54.8 Å². The summed E-state index contributed by atoms with van der Waals surface area (Å²) in [6.07, 6.45) is 3.73. The second-order valence-corrected chi connectivity index (χ2v) is 8.51. The molecular weight excluding hydrogens is 300 g/mol. The number of aromatic hydroxyl groups is 1. The van der Waals surface area contributed by atoms with Gasteiger partial charge in [0, 0.05) is 18.0 Å². The second kappa shape index (κ2) is 5.22. The largest absolute Gasteiger partial charge is 0.508 e. The molecular formula is C20H28N2O2. The Morgan fingerprint density at radius 1 is 1.33 bits per heavy atom. The van der Waals surface area contributed by atoms with Crippen LogP contribution < -0.4 is 5.32 Å². The highest BCUT2D eigenvalue weighted by molar-refractivity contribution is 5.83. The van der Waals surface area contributed by atoms with Crippen LogP contribution in [0.4, 0.5) is 0 Å². The van der Waals surface area contributed by atoms with Gasteiger partial charge < -0.3 is 15.3 Å². The number of fused-ring (bicyclic) bond motifs is 4. The Morgan fingerprint density at radius 2 is 2.12 bits per heavy atom. The molecule has 2 fully saturated rings. The van der Waals surface area contributed by atoms with Crippen LogP contribution in [0.15, 0.2) is 18.2 Å². The Bertz CT molecular complexity index is 678. The average Bonchev–Trinajstić information content (AvgIpc) is 3.05. The number of amides is 1. The van der Waals surface area contributed by atoms with Crippen LogP contribution in [0.25, 0.3) is 0 Å². The number of carbonyl (C=O) groups is 1. The Kier molecular flexibility index (Phi) is 3.47. The molecule has 24 heavy (non-hydrogen) atoms. The van der Waals surface area contributed by atoms with Gasteiger partial charge >= 0.3 is 0 Å². The van der Waals surface area contributed by atoms with Crippen molar-refractivity contribution in [3.8, 4) is 5.75 Å². The summed E-state index contributed by atoms with van der Waals surface area (Å²) in [6, 6.07) is 6.03. The summed E-state index contributed by atoms with van der Waals surface area (Å²) in [5.41, 5.74) is 2.29. The van der Waals surface area contributed by atoms with Crippen molar-refractivity contribution in [3.63, 3.8) is 0 Å². The first kappa shape index (κ1) is 15.9. The first-order chi connectivity index (χ1) is 11.4. The van der Waals surface area contributed by atoms with Gasteiger partial charge in [-0.15, -0.1) is 0 Å². The Labute approximate surface area is 144 Å². The van der Waals surface area contributed by atoms with Gasteiger partial charge in [-0.25, -0.2) is 0 Å². The number of likely N-dealkylation sites (tertiary alicyclic amines) is 1. The van der Waals surface area contributed by atoms with Crippen molar-refractivity contribution < 1.29 is 9.90 Å². The predicted molar refractivity (Wildman–Crippen MR) is 94.1 cm³/mol. The molecule has 1 amide bonds. The minimum Gasteiger partial charge on any atom is -0.508 e. The SMILES string of the molecule is CC1(C)[C@H]2Cc3c(O)cccc3[C@]1(C)CCN2C(=O)C1CCCN1. The Morgan fingerprint density at radius 3 is 2.83 bits per heavy atom. The van der Waals surface area contributed by atoms with Crippen molar-refractivity contribution in [2.45, 2.75) is 64.0 Å². The van der Waals surface area contributed by atoms with Gasteiger partial charge in [0.25, 0.3) is 0 Å². The molecule has 4 heteroatoms. The molecule has 1 aromatic rings. The van der Waals surface area contributed by atoms with Gasteiger partial charge in [0.2, 0.25) is 5.91 Å². The van der Waals surface area contributed by atoms with Crippen molar-refractivity contribution in [2.75, 3.05) is 13.1 Å². The molecule has 0 radical (unpaired) electrons. The van der Waals surface area contributed by atoms with Crippen LogP contribution in [0.1, 0.15) is 51.2 Å². The van der Waals surface area contributed by atoms with Crippen LogP contribution in [-0.2, 0) is 16.6 Å². The highest BCUT2D eigenvalue weighted by Gasteiger charge is 2.57. The number of nitrogens with one attached hydrogen (secondary N) is 1. The molecule has 130 valence electrons. The molecule has 2 bridgehead atoms. The fourth-order valence-corrected chi connectivity index (χ4v) is 5.29. The van der Waals surface area contributed by atoms with E-state index in [4.69, 9.17) is 0 Å². The average molecular weight is 328 g/mol. The number of phenolic OH excluding ortho intramolecular Hbond substituents is 1. The standard InChI is InChI=1S/C20H28N2O2/c1-19(2)17-12-13-14(6-4-8-16(13)23)20(19,3)9-11-22(17)18(24)15-7-5-10-21-15/h4,6,8,15,17,21,23H,5,7,9-12H2,1-3H3/t15?,17-,20+/m1/s1. The molecule has 0 saturated carbocycles. The maximum absolute atomic E-state index is 13.1. The maximum Gasteiger partial charge on any atom is 0.239 e. The predicted octanol–water partition coefficient (Wildman–Crippen LogP) is 2.59. The molecule has 1 aromatic carbocycles. The lowest BCUT2D eigenvalue weighted by Gasteiger charge is -2.61. The lowest BCUT2D eigenvalue weighted by atomic mass is 9.51. The molecule has 4 rings (SSSR count). The van der Waals surface area contributed by atoms with Crippen LogP contribution in [-0.4, -0.2) is 41.1 Å². The molecule has 1 aliphatic carbocycles. The van der Waals surface area contributed by atoms with E-state index in [-0.39, 0.29) is 28.8 Å². The third-order valence-corrected chi connectivity index (χ3v) is 7.27. The number of nitrogens with zero attached hydrogens (tertiary/aromatic N) is 1. The molecule has 0 spiro atoms. The van der Waals surface area contributed by atoms with Crippen LogP contribution >= 0.6 is 0 Å². The van der Waals surface area contributed by atoms with Crippen molar-refractivity contribution in [1.82, 2.24) is 10.2 Å². The molecule has 0 aromatic heterocycles. The van der Waals surface area contributed by atoms with Gasteiger partial charge in [0.15, 0.2) is 0 Å². The third-order valence-electron chi connectivity index (χ3n) is 7.27. The number of phenols is 1. The van der Waals surface area contributed by atoms with Crippen LogP contribution in [0.2, 0.25) is 0 Å². The van der Waals surface area contributed by atoms with E-state index in [0.717, 1.165) is 44.3 Å². The number of benzene rings is 1. The quantitative estimate of drug-likeness (QED) is 0.833. The lowest BCUT2D eigenvalue weighted by Crippen LogP contribution is -2.66. The van der Waals surface area contributed by atoms with Crippen LogP contribution in [0.5, 0.6) is 5.75 Å². The molecule has 2 heterocycles. The minimum absolute atomic E-state index is 0.0100. The fraction of sp³-hybridized carbons (Fsp3) is 0.650. The van der Waals surface area contributed by atoms with E-state index >= 15 is 0 Å². The van der Waals surface area contributed by atoms with E-state index in [1.807, 2.05) is 6.07 Å². The van der Waals surface area contributed by atoms with Gasteiger partial charge in [-0.3, -0.25) is 4.79 Å². The number of hydrogen-bond acceptors (Lipinski definition) is 3. The molecule has 3 aliphatic rings. The number of carbonyl (C=O) groups excluding carboxylic acids is 1. The fourth-order valence-electron chi connectivity index (χ4n) is 5.29. The number of hydrogen-bond donors (Lipinski definition) is 2. The van der Waals surface area contributed by atoms with Crippen LogP contribution in [0.3, 0.4) is 0 Å². The third kappa shape index (κ3) is 1.98. The molecule has 3 atom stereocenters. The molecule has 4 nitrogen and oxygen atoms in total. The topological polar surface area (TPSA) is 52.6 Å². The zero-order valence-corrected chi connectivity index (χ0v) is 14.9. The van der Waals surface area contributed by atoms with Gasteiger partial charge in [-0.1, -0.05) is 32.9 Å². The van der Waals surface area contributed by atoms with Gasteiger partial charge in [-0.2, -0.15) is 0 Å². The Hall–Kier alpha value is -1.55. The summed E-state index contributed by atoms with van der Waals surface area (Å²) in [5.74, 6) is 0.638. The monoisotopic (exact) mass is 328 g/mol. The summed E-state index contributed by atoms with van der Waals surface area (Å²) < 4.78 is 0. The molecule has 2 saturated heterocycles. The van der Waals surface area contributed by atoms with E-state index in [9.17, 15) is 9.90 Å². The minimum atomic E-state index is -0.0177. The summed E-state index contributed by atoms with van der Waals surface area (Å²) in [7, 11) is 0. The zero-order valence-electron chi connectivity index (χ0n) is 14.9. The van der Waals surface area contributed by atoms with Crippen molar-refractivity contribution in [3.05, 3.63) is 29.3 Å². The Balaban J connectivity index is 1.76. The summed E-state index contributed by atoms with van der Waals surface area (Å²) in [4.78, 5) is 15.2. The highest BCUT2D eigenvalue weighted by Crippen LogP contribution is 2.57. The van der Waals surface area contributed by atoms with Crippen molar-refractivity contribution in [2.24, 2.45) is 5.41 Å². The van der Waals surface area contributed by atoms with Gasteiger partial charge in [0.05, 0.1) is 6.04 Å². The molecule has 1 unspecified atom stereocenters. The normalized spacial score (nSPS) is 34.0. The summed E-state index contributed by atoms with van der Waals surface area (Å²) >= 11 is 0. The number of piperidine rings is 1. The van der Waals surface area contributed by atoms with Crippen molar-refractivity contribution >= 4 is 5.91 Å². The first-order valence-electron chi connectivity index (χ1n) is 9.21. The highest BCUT2D eigenvalue weighted by atomic mass is 16.3. The van der Waals surface area contributed by atoms with E-state index in [0.29, 0.717) is 5.75 Å². The zero-order chi connectivity index (χ0) is 17.1. The molecule has 2 aliphatic heterocycles. The first-order valence-corrected chi connectivity index (χ1v) is 9.21.